The van der Waals surface area contributed by atoms with Crippen LogP contribution in [-0.2, 0) is 0 Å². The number of fused-ring (bicyclic) bond motifs is 1. The fourth-order valence-corrected chi connectivity index (χ4v) is 4.62. The Hall–Kier alpha value is -2.11. The predicted octanol–water partition coefficient (Wildman–Crippen LogP) is 4.68. The van der Waals surface area contributed by atoms with Crippen molar-refractivity contribution in [2.24, 2.45) is 0 Å². The van der Waals surface area contributed by atoms with Crippen LogP contribution in [0.2, 0.25) is 0 Å². The van der Waals surface area contributed by atoms with Crippen molar-refractivity contribution in [2.45, 2.75) is 32.7 Å². The summed E-state index contributed by atoms with van der Waals surface area (Å²) in [5, 5.41) is 6.23. The molecular formula is C21H24N2O2S. The number of thiophene rings is 1. The highest BCUT2D eigenvalue weighted by molar-refractivity contribution is 7.10. The van der Waals surface area contributed by atoms with E-state index < -0.39 is 0 Å². The minimum atomic E-state index is -0.128. The smallest absolute Gasteiger partial charge is 0.287 e. The molecule has 0 aliphatic carbocycles. The average molecular weight is 369 g/mol. The van der Waals surface area contributed by atoms with Crippen molar-refractivity contribution in [3.8, 4) is 0 Å². The molecule has 1 aliphatic heterocycles. The Morgan fingerprint density at radius 1 is 1.27 bits per heavy atom. The van der Waals surface area contributed by atoms with E-state index in [2.05, 4.69) is 27.7 Å². The second-order valence-electron chi connectivity index (χ2n) is 7.04. The first-order chi connectivity index (χ1) is 12.6. The summed E-state index contributed by atoms with van der Waals surface area (Å²) < 4.78 is 5.87. The van der Waals surface area contributed by atoms with Crippen LogP contribution >= 0.6 is 11.3 Å². The third-order valence-corrected chi connectivity index (χ3v) is 6.18. The molecule has 1 aliphatic rings. The maximum atomic E-state index is 12.8. The Balaban J connectivity index is 1.53. The highest BCUT2D eigenvalue weighted by Gasteiger charge is 2.26. The predicted molar refractivity (Wildman–Crippen MR) is 106 cm³/mol. The maximum Gasteiger partial charge on any atom is 0.287 e. The number of benzene rings is 1. The van der Waals surface area contributed by atoms with Crippen LogP contribution in [0, 0.1) is 13.8 Å². The molecule has 4 nitrogen and oxygen atoms in total. The number of nitrogens with zero attached hydrogens (tertiary/aromatic N) is 1. The van der Waals surface area contributed by atoms with Crippen molar-refractivity contribution in [3.63, 3.8) is 0 Å². The van der Waals surface area contributed by atoms with Gasteiger partial charge in [-0.25, -0.2) is 0 Å². The molecule has 136 valence electrons. The van der Waals surface area contributed by atoms with Crippen LogP contribution in [0.1, 0.15) is 45.4 Å². The average Bonchev–Trinajstić information content (AvgIpc) is 3.37. The van der Waals surface area contributed by atoms with Crippen molar-refractivity contribution >= 4 is 28.2 Å². The lowest BCUT2D eigenvalue weighted by Crippen LogP contribution is -2.36. The van der Waals surface area contributed by atoms with Crippen LogP contribution in [-0.4, -0.2) is 30.4 Å². The number of amides is 1. The van der Waals surface area contributed by atoms with Crippen LogP contribution in [0.4, 0.5) is 0 Å². The van der Waals surface area contributed by atoms with Crippen LogP contribution in [0.25, 0.3) is 11.0 Å². The molecule has 0 spiro atoms. The zero-order chi connectivity index (χ0) is 18.1. The first-order valence-corrected chi connectivity index (χ1v) is 10.1. The molecule has 2 aromatic heterocycles. The SMILES string of the molecule is Cc1ccc2c(C)c(C(=O)NCC(c3cccs3)N3CCCC3)oc2c1. The molecule has 1 amide bonds. The molecule has 3 aromatic rings. The van der Waals surface area contributed by atoms with Gasteiger partial charge in [0, 0.05) is 22.4 Å². The van der Waals surface area contributed by atoms with Gasteiger partial charge in [-0.15, -0.1) is 11.3 Å². The molecule has 1 fully saturated rings. The number of carbonyl (C=O) groups is 1. The van der Waals surface area contributed by atoms with E-state index in [4.69, 9.17) is 4.42 Å². The van der Waals surface area contributed by atoms with E-state index in [0.29, 0.717) is 12.3 Å². The first kappa shape index (κ1) is 17.3. The van der Waals surface area contributed by atoms with E-state index >= 15 is 0 Å². The van der Waals surface area contributed by atoms with Crippen LogP contribution in [0.5, 0.6) is 0 Å². The van der Waals surface area contributed by atoms with E-state index in [1.54, 1.807) is 11.3 Å². The Morgan fingerprint density at radius 3 is 2.81 bits per heavy atom. The lowest BCUT2D eigenvalue weighted by Gasteiger charge is -2.26. The van der Waals surface area contributed by atoms with E-state index in [1.165, 1.54) is 17.7 Å². The molecule has 1 saturated heterocycles. The zero-order valence-corrected chi connectivity index (χ0v) is 16.1. The summed E-state index contributed by atoms with van der Waals surface area (Å²) in [6.07, 6.45) is 2.47. The van der Waals surface area contributed by atoms with Crippen molar-refractivity contribution < 1.29 is 9.21 Å². The van der Waals surface area contributed by atoms with Gasteiger partial charge in [0.05, 0.1) is 6.04 Å². The number of carbonyl (C=O) groups excluding carboxylic acids is 1. The van der Waals surface area contributed by atoms with Gasteiger partial charge in [-0.3, -0.25) is 9.69 Å². The molecule has 3 heterocycles. The fraction of sp³-hybridized carbons (Fsp3) is 0.381. The third-order valence-electron chi connectivity index (χ3n) is 5.21. The molecule has 0 radical (unpaired) electrons. The van der Waals surface area contributed by atoms with Gasteiger partial charge in [0.15, 0.2) is 5.76 Å². The van der Waals surface area contributed by atoms with E-state index in [0.717, 1.165) is 35.2 Å². The van der Waals surface area contributed by atoms with E-state index in [1.807, 2.05) is 32.0 Å². The number of likely N-dealkylation sites (tertiary alicyclic amines) is 1. The summed E-state index contributed by atoms with van der Waals surface area (Å²) in [6, 6.07) is 10.5. The number of aryl methyl sites for hydroxylation is 2. The van der Waals surface area contributed by atoms with Gasteiger partial charge in [-0.2, -0.15) is 0 Å². The Bertz CT molecular complexity index is 908. The number of furan rings is 1. The largest absolute Gasteiger partial charge is 0.451 e. The van der Waals surface area contributed by atoms with E-state index in [9.17, 15) is 4.79 Å². The van der Waals surface area contributed by atoms with Gasteiger partial charge in [-0.1, -0.05) is 18.2 Å². The Morgan fingerprint density at radius 2 is 2.08 bits per heavy atom. The van der Waals surface area contributed by atoms with Gasteiger partial charge < -0.3 is 9.73 Å². The van der Waals surface area contributed by atoms with Gasteiger partial charge in [0.2, 0.25) is 0 Å². The molecule has 4 rings (SSSR count). The van der Waals surface area contributed by atoms with Gasteiger partial charge in [-0.05, 0) is 62.9 Å². The molecule has 0 bridgehead atoms. The van der Waals surface area contributed by atoms with Crippen molar-refractivity contribution in [3.05, 3.63) is 57.5 Å². The topological polar surface area (TPSA) is 45.5 Å². The maximum absolute atomic E-state index is 12.8. The fourth-order valence-electron chi connectivity index (χ4n) is 3.76. The van der Waals surface area contributed by atoms with Gasteiger partial charge in [0.1, 0.15) is 5.58 Å². The van der Waals surface area contributed by atoms with Gasteiger partial charge >= 0.3 is 0 Å². The summed E-state index contributed by atoms with van der Waals surface area (Å²) in [7, 11) is 0. The lowest BCUT2D eigenvalue weighted by atomic mass is 10.1. The Kier molecular flexibility index (Phi) is 4.83. The van der Waals surface area contributed by atoms with Gasteiger partial charge in [0.25, 0.3) is 5.91 Å². The molecule has 1 aromatic carbocycles. The molecule has 26 heavy (non-hydrogen) atoms. The quantitative estimate of drug-likeness (QED) is 0.711. The van der Waals surface area contributed by atoms with Crippen LogP contribution in [0.15, 0.2) is 40.1 Å². The highest BCUT2D eigenvalue weighted by Crippen LogP contribution is 2.29. The first-order valence-electron chi connectivity index (χ1n) is 9.19. The summed E-state index contributed by atoms with van der Waals surface area (Å²) in [6.45, 7) is 6.78. The number of rotatable bonds is 5. The monoisotopic (exact) mass is 368 g/mol. The minimum absolute atomic E-state index is 0.128. The van der Waals surface area contributed by atoms with Crippen molar-refractivity contribution in [1.82, 2.24) is 10.2 Å². The van der Waals surface area contributed by atoms with Crippen LogP contribution < -0.4 is 5.32 Å². The standard InChI is InChI=1S/C21H24N2O2S/c1-14-7-8-16-15(2)20(25-18(16)12-14)21(24)22-13-17(19-6-5-11-26-19)23-9-3-4-10-23/h5-8,11-12,17H,3-4,9-10,13H2,1-2H3,(H,22,24). The molecule has 0 saturated carbocycles. The van der Waals surface area contributed by atoms with Crippen molar-refractivity contribution in [1.29, 1.82) is 0 Å². The zero-order valence-electron chi connectivity index (χ0n) is 15.2. The summed E-state index contributed by atoms with van der Waals surface area (Å²) in [5.74, 6) is 0.300. The summed E-state index contributed by atoms with van der Waals surface area (Å²) in [4.78, 5) is 16.6. The normalized spacial score (nSPS) is 16.2. The number of hydrogen-bond acceptors (Lipinski definition) is 4. The molecule has 1 N–H and O–H groups in total. The van der Waals surface area contributed by atoms with E-state index in [-0.39, 0.29) is 11.9 Å². The lowest BCUT2D eigenvalue weighted by molar-refractivity contribution is 0.0912. The minimum Gasteiger partial charge on any atom is -0.451 e. The van der Waals surface area contributed by atoms with Crippen molar-refractivity contribution in [2.75, 3.05) is 19.6 Å². The molecule has 5 heteroatoms. The summed E-state index contributed by atoms with van der Waals surface area (Å²) >= 11 is 1.76. The number of hydrogen-bond donors (Lipinski definition) is 1. The Labute approximate surface area is 157 Å². The molecule has 1 atom stereocenters. The van der Waals surface area contributed by atoms with Crippen LogP contribution in [0.3, 0.4) is 0 Å². The second-order valence-corrected chi connectivity index (χ2v) is 8.02. The highest BCUT2D eigenvalue weighted by atomic mass is 32.1. The molecular weight excluding hydrogens is 344 g/mol. The second kappa shape index (κ2) is 7.25. The summed E-state index contributed by atoms with van der Waals surface area (Å²) in [5.41, 5.74) is 2.82. The molecule has 1 unspecified atom stereocenters. The number of nitrogens with one attached hydrogen (secondary N) is 1. The third kappa shape index (κ3) is 3.29.